The Kier molecular flexibility index (Phi) is 13.7. The van der Waals surface area contributed by atoms with Crippen LogP contribution in [-0.4, -0.2) is 86.8 Å². The molecule has 0 spiro atoms. The highest BCUT2D eigenvalue weighted by molar-refractivity contribution is 6.14. The molecule has 6 aromatic rings. The highest BCUT2D eigenvalue weighted by Crippen LogP contribution is 2.38. The summed E-state index contributed by atoms with van der Waals surface area (Å²) in [5.74, 6) is -6.99. The lowest BCUT2D eigenvalue weighted by Crippen LogP contribution is -2.44. The molecule has 0 aliphatic carbocycles. The van der Waals surface area contributed by atoms with Gasteiger partial charge in [0.05, 0.1) is 36.2 Å². The molecule has 356 valence electrons. The molecule has 0 atom stereocenters. The second-order valence-electron chi connectivity index (χ2n) is 17.6. The standard InChI is InChI=1S/C25H28F2N4O6.C19H17F3N4O4/c1-23(2,3)36-21(34)30(22(35)37-24(4,5)6)19-15-11-9-8-10-14(15)17(13-28-19)31-18(25(7,26)27)16(12-29-31)20(32)33;1-18(2,3)30-17(29)25-15-11-7-5-4-6-10(11)13(9-23-15)26-14(19(20,21)22)12(8-24-26)16(27)28/h8-13H,1-7H3,(H,32,33);4-9H,1-3H3,(H,27,28)(H,23,25,29). The first-order valence-corrected chi connectivity index (χ1v) is 19.9. The molecule has 0 bridgehead atoms. The van der Waals surface area contributed by atoms with E-state index in [0.29, 0.717) is 28.1 Å². The highest BCUT2D eigenvalue weighted by atomic mass is 19.4. The number of aromatic carboxylic acids is 2. The number of rotatable bonds is 7. The minimum Gasteiger partial charge on any atom is -0.478 e. The molecular formula is C44H45F5N8O10. The van der Waals surface area contributed by atoms with Crippen LogP contribution in [0.1, 0.15) is 101 Å². The number of nitrogens with one attached hydrogen (secondary N) is 1. The molecule has 0 aliphatic heterocycles. The molecule has 0 radical (unpaired) electrons. The maximum absolute atomic E-state index is 14.5. The monoisotopic (exact) mass is 940 g/mol. The topological polar surface area (TPSA) is 230 Å². The lowest BCUT2D eigenvalue weighted by Gasteiger charge is -2.28. The Balaban J connectivity index is 0.000000256. The molecule has 0 saturated carbocycles. The van der Waals surface area contributed by atoms with Crippen molar-refractivity contribution >= 4 is 63.4 Å². The quantitative estimate of drug-likeness (QED) is 0.0999. The van der Waals surface area contributed by atoms with Crippen LogP contribution in [0.4, 0.5) is 48.0 Å². The van der Waals surface area contributed by atoms with Gasteiger partial charge in [-0.25, -0.2) is 43.3 Å². The van der Waals surface area contributed by atoms with Crippen molar-refractivity contribution in [1.29, 1.82) is 0 Å². The highest BCUT2D eigenvalue weighted by Gasteiger charge is 2.42. The van der Waals surface area contributed by atoms with Crippen LogP contribution in [0.2, 0.25) is 0 Å². The van der Waals surface area contributed by atoms with Crippen molar-refractivity contribution in [3.05, 3.63) is 95.8 Å². The number of pyridine rings is 2. The van der Waals surface area contributed by atoms with E-state index in [0.717, 1.165) is 23.3 Å². The van der Waals surface area contributed by atoms with Crippen molar-refractivity contribution in [2.45, 2.75) is 98.1 Å². The van der Waals surface area contributed by atoms with Gasteiger partial charge in [0.1, 0.15) is 39.4 Å². The zero-order valence-electron chi connectivity index (χ0n) is 37.6. The average Bonchev–Trinajstić information content (AvgIpc) is 3.83. The van der Waals surface area contributed by atoms with Gasteiger partial charge in [-0.1, -0.05) is 48.5 Å². The van der Waals surface area contributed by atoms with Crippen molar-refractivity contribution in [1.82, 2.24) is 29.5 Å². The summed E-state index contributed by atoms with van der Waals surface area (Å²) in [6.45, 7) is 15.3. The number of alkyl halides is 5. The number of carbonyl (C=O) groups excluding carboxylic acids is 3. The molecule has 23 heteroatoms. The molecule has 3 N–H and O–H groups in total. The summed E-state index contributed by atoms with van der Waals surface area (Å²) in [6.07, 6.45) is -4.22. The number of amides is 3. The Hall–Kier alpha value is -7.72. The maximum atomic E-state index is 14.5. The zero-order valence-corrected chi connectivity index (χ0v) is 37.6. The van der Waals surface area contributed by atoms with Crippen LogP contribution in [0.5, 0.6) is 0 Å². The van der Waals surface area contributed by atoms with Gasteiger partial charge in [0.15, 0.2) is 11.5 Å². The van der Waals surface area contributed by atoms with Crippen molar-refractivity contribution in [2.75, 3.05) is 10.2 Å². The van der Waals surface area contributed by atoms with Crippen LogP contribution in [-0.2, 0) is 26.3 Å². The summed E-state index contributed by atoms with van der Waals surface area (Å²) in [6, 6.07) is 12.5. The fourth-order valence-corrected chi connectivity index (χ4v) is 6.29. The summed E-state index contributed by atoms with van der Waals surface area (Å²) in [5, 5.41) is 29.6. The van der Waals surface area contributed by atoms with E-state index in [2.05, 4.69) is 25.5 Å². The molecule has 6 rings (SSSR count). The molecule has 4 aromatic heterocycles. The summed E-state index contributed by atoms with van der Waals surface area (Å²) >= 11 is 0. The molecule has 0 fully saturated rings. The fraction of sp³-hybridized carbons (Fsp3) is 0.341. The van der Waals surface area contributed by atoms with Crippen molar-refractivity contribution in [2.24, 2.45) is 0 Å². The Morgan fingerprint density at radius 1 is 0.567 bits per heavy atom. The number of hydrogen-bond donors (Lipinski definition) is 3. The lowest BCUT2D eigenvalue weighted by atomic mass is 10.1. The maximum Gasteiger partial charge on any atom is 0.434 e. The van der Waals surface area contributed by atoms with E-state index < -0.39 is 81.6 Å². The SMILES string of the molecule is CC(C)(C)OC(=O)N(C(=O)OC(C)(C)C)c1ncc(-n2ncc(C(=O)O)c2C(C)(F)F)c2ccccc12.CC(C)(C)OC(=O)Nc1ncc(-n2ncc(C(=O)O)c2C(F)(F)F)c2ccccc12. The Labute approximate surface area is 378 Å². The van der Waals surface area contributed by atoms with Gasteiger partial charge >= 0.3 is 36.4 Å². The molecule has 0 aliphatic rings. The predicted molar refractivity (Wildman–Crippen MR) is 231 cm³/mol. The van der Waals surface area contributed by atoms with Gasteiger partial charge in [-0.3, -0.25) is 5.32 Å². The fourth-order valence-electron chi connectivity index (χ4n) is 6.29. The Morgan fingerprint density at radius 2 is 0.970 bits per heavy atom. The van der Waals surface area contributed by atoms with Gasteiger partial charge in [-0.05, 0) is 62.3 Å². The number of fused-ring (bicyclic) bond motifs is 2. The number of anilines is 2. The van der Waals surface area contributed by atoms with Crippen LogP contribution < -0.4 is 10.2 Å². The molecule has 0 saturated heterocycles. The van der Waals surface area contributed by atoms with Crippen LogP contribution in [0, 0.1) is 0 Å². The zero-order chi connectivity index (χ0) is 50.2. The molecule has 67 heavy (non-hydrogen) atoms. The first-order valence-electron chi connectivity index (χ1n) is 19.9. The second-order valence-corrected chi connectivity index (χ2v) is 17.6. The largest absolute Gasteiger partial charge is 0.478 e. The van der Waals surface area contributed by atoms with Gasteiger partial charge in [0, 0.05) is 28.5 Å². The van der Waals surface area contributed by atoms with Crippen molar-refractivity contribution < 1.29 is 70.3 Å². The molecule has 4 heterocycles. The number of halogens is 5. The molecular weight excluding hydrogens is 896 g/mol. The van der Waals surface area contributed by atoms with Crippen LogP contribution in [0.25, 0.3) is 32.9 Å². The third-order valence-corrected chi connectivity index (χ3v) is 8.65. The van der Waals surface area contributed by atoms with E-state index in [9.17, 15) is 51.0 Å². The summed E-state index contributed by atoms with van der Waals surface area (Å²) < 4.78 is 87.0. The number of nitrogens with zero attached hydrogens (tertiary/aromatic N) is 7. The minimum absolute atomic E-state index is 0.0108. The van der Waals surface area contributed by atoms with E-state index in [-0.39, 0.29) is 39.2 Å². The third kappa shape index (κ3) is 11.8. The average molecular weight is 941 g/mol. The van der Waals surface area contributed by atoms with Crippen molar-refractivity contribution in [3.8, 4) is 11.4 Å². The normalized spacial score (nSPS) is 12.2. The van der Waals surface area contributed by atoms with E-state index >= 15 is 0 Å². The second kappa shape index (κ2) is 18.3. The first kappa shape index (κ1) is 50.3. The van der Waals surface area contributed by atoms with E-state index in [4.69, 9.17) is 19.3 Å². The number of carboxylic acids is 2. The third-order valence-electron chi connectivity index (χ3n) is 8.65. The minimum atomic E-state index is -4.97. The van der Waals surface area contributed by atoms with Gasteiger partial charge in [-0.15, -0.1) is 0 Å². The van der Waals surface area contributed by atoms with Crippen molar-refractivity contribution in [3.63, 3.8) is 0 Å². The van der Waals surface area contributed by atoms with E-state index in [1.54, 1.807) is 92.6 Å². The number of carboxylic acid groups (broad SMARTS) is 2. The van der Waals surface area contributed by atoms with Gasteiger partial charge < -0.3 is 24.4 Å². The molecule has 18 nitrogen and oxygen atoms in total. The van der Waals surface area contributed by atoms with Gasteiger partial charge in [0.2, 0.25) is 0 Å². The predicted octanol–water partition coefficient (Wildman–Crippen LogP) is 10.4. The van der Waals surface area contributed by atoms with Crippen LogP contribution in [0.3, 0.4) is 0 Å². The lowest BCUT2D eigenvalue weighted by molar-refractivity contribution is -0.143. The van der Waals surface area contributed by atoms with Crippen LogP contribution >= 0.6 is 0 Å². The van der Waals surface area contributed by atoms with Crippen LogP contribution in [0.15, 0.2) is 73.3 Å². The summed E-state index contributed by atoms with van der Waals surface area (Å²) in [5.41, 5.74) is -6.72. The summed E-state index contributed by atoms with van der Waals surface area (Å²) in [4.78, 5) is 70.1. The van der Waals surface area contributed by atoms with Gasteiger partial charge in [-0.2, -0.15) is 37.0 Å². The number of ether oxygens (including phenoxy) is 3. The number of hydrogen-bond acceptors (Lipinski definition) is 12. The van der Waals surface area contributed by atoms with E-state index in [1.807, 2.05) is 0 Å². The van der Waals surface area contributed by atoms with E-state index in [1.165, 1.54) is 18.2 Å². The number of benzene rings is 2. The Bertz CT molecular complexity index is 2860. The Morgan fingerprint density at radius 3 is 1.40 bits per heavy atom. The molecule has 2 aromatic carbocycles. The smallest absolute Gasteiger partial charge is 0.434 e. The molecule has 3 amide bonds. The summed E-state index contributed by atoms with van der Waals surface area (Å²) in [7, 11) is 0. The first-order chi connectivity index (χ1) is 30.8. The molecule has 0 unspecified atom stereocenters. The number of aromatic nitrogens is 6. The van der Waals surface area contributed by atoms with Gasteiger partial charge in [0.25, 0.3) is 5.92 Å². The number of carbonyl (C=O) groups is 5. The number of imide groups is 1.